The Balaban J connectivity index is 3.15. The lowest BCUT2D eigenvalue weighted by molar-refractivity contribution is -0.389. The van der Waals surface area contributed by atoms with Crippen LogP contribution >= 0.6 is 11.6 Å². The van der Waals surface area contributed by atoms with Gasteiger partial charge < -0.3 is 10.1 Å². The first kappa shape index (κ1) is 8.86. The number of halogens is 2. The van der Waals surface area contributed by atoms with E-state index in [2.05, 4.69) is 4.98 Å². The van der Waals surface area contributed by atoms with Crippen LogP contribution in [0.4, 0.5) is 10.2 Å². The summed E-state index contributed by atoms with van der Waals surface area (Å²) in [5, 5.41) is 10.2. The quantitative estimate of drug-likeness (QED) is 0.310. The Hall–Kier alpha value is -1.23. The zero-order chi connectivity index (χ0) is 9.14. The molecule has 0 atom stereocenters. The van der Waals surface area contributed by atoms with Gasteiger partial charge in [-0.05, 0) is 15.5 Å². The summed E-state index contributed by atoms with van der Waals surface area (Å²) in [7, 11) is 0. The van der Waals surface area contributed by atoms with Crippen molar-refractivity contribution in [3.63, 3.8) is 0 Å². The molecule has 0 fully saturated rings. The number of hydrogen-bond acceptors (Lipinski definition) is 3. The van der Waals surface area contributed by atoms with Crippen LogP contribution in [0.25, 0.3) is 0 Å². The van der Waals surface area contributed by atoms with E-state index in [1.807, 2.05) is 0 Å². The predicted octanol–water partition coefficient (Wildman–Crippen LogP) is 1.87. The molecular weight excluding hydrogens is 187 g/mol. The van der Waals surface area contributed by atoms with Crippen LogP contribution in [0.5, 0.6) is 0 Å². The van der Waals surface area contributed by atoms with E-state index in [1.54, 1.807) is 0 Å². The van der Waals surface area contributed by atoms with Crippen LogP contribution in [-0.2, 0) is 5.88 Å². The maximum Gasteiger partial charge on any atom is 0.367 e. The highest BCUT2D eigenvalue weighted by Crippen LogP contribution is 2.13. The minimum atomic E-state index is -0.889. The molecule has 6 heteroatoms. The summed E-state index contributed by atoms with van der Waals surface area (Å²) in [4.78, 5) is 12.4. The summed E-state index contributed by atoms with van der Waals surface area (Å²) >= 11 is 5.36. The third-order valence-corrected chi connectivity index (χ3v) is 1.49. The molecule has 0 aliphatic heterocycles. The van der Waals surface area contributed by atoms with Crippen LogP contribution in [0.15, 0.2) is 12.1 Å². The highest BCUT2D eigenvalue weighted by Gasteiger charge is 2.11. The van der Waals surface area contributed by atoms with Gasteiger partial charge in [-0.1, -0.05) is 0 Å². The van der Waals surface area contributed by atoms with Gasteiger partial charge in [0.2, 0.25) is 0 Å². The average Bonchev–Trinajstić information content (AvgIpc) is 2.03. The molecule has 0 aliphatic rings. The molecule has 0 unspecified atom stereocenters. The molecule has 0 spiro atoms. The number of nitrogens with zero attached hydrogens (tertiary/aromatic N) is 2. The van der Waals surface area contributed by atoms with Crippen molar-refractivity contribution in [1.29, 1.82) is 0 Å². The fourth-order valence-corrected chi connectivity index (χ4v) is 0.859. The Bertz CT molecular complexity index is 318. The Morgan fingerprint density at radius 3 is 2.83 bits per heavy atom. The van der Waals surface area contributed by atoms with Crippen LogP contribution in [-0.4, -0.2) is 9.91 Å². The Labute approximate surface area is 72.1 Å². The summed E-state index contributed by atoms with van der Waals surface area (Å²) in [5.74, 6) is -1.38. The summed E-state index contributed by atoms with van der Waals surface area (Å²) < 4.78 is 12.5. The van der Waals surface area contributed by atoms with Crippen molar-refractivity contribution < 1.29 is 9.31 Å². The lowest BCUT2D eigenvalue weighted by Gasteiger charge is -1.94. The molecule has 0 saturated carbocycles. The third-order valence-electron chi connectivity index (χ3n) is 1.18. The van der Waals surface area contributed by atoms with Crippen molar-refractivity contribution >= 4 is 17.4 Å². The summed E-state index contributed by atoms with van der Waals surface area (Å²) in [6, 6.07) is 2.19. The van der Waals surface area contributed by atoms with Gasteiger partial charge >= 0.3 is 11.8 Å². The predicted molar refractivity (Wildman–Crippen MR) is 40.4 cm³/mol. The molecule has 1 aromatic rings. The highest BCUT2D eigenvalue weighted by atomic mass is 35.5. The maximum atomic E-state index is 12.5. The van der Waals surface area contributed by atoms with Crippen molar-refractivity contribution in [2.75, 3.05) is 0 Å². The van der Waals surface area contributed by atoms with Crippen molar-refractivity contribution in [3.8, 4) is 0 Å². The summed E-state index contributed by atoms with van der Waals surface area (Å²) in [6.45, 7) is 0. The van der Waals surface area contributed by atoms with Gasteiger partial charge in [-0.2, -0.15) is 4.39 Å². The number of nitro groups is 1. The van der Waals surface area contributed by atoms with Crippen LogP contribution < -0.4 is 0 Å². The van der Waals surface area contributed by atoms with Gasteiger partial charge in [0.1, 0.15) is 0 Å². The first-order chi connectivity index (χ1) is 5.63. The molecular formula is C6H4ClFN2O2. The molecule has 0 bridgehead atoms. The molecule has 0 aromatic carbocycles. The Kier molecular flexibility index (Phi) is 2.54. The van der Waals surface area contributed by atoms with Crippen molar-refractivity contribution in [1.82, 2.24) is 4.98 Å². The average molecular weight is 191 g/mol. The summed E-state index contributed by atoms with van der Waals surface area (Å²) in [5.41, 5.74) is 0.343. The molecule has 0 aliphatic carbocycles. The first-order valence-corrected chi connectivity index (χ1v) is 3.53. The number of aromatic nitrogens is 1. The molecule has 1 rings (SSSR count). The molecule has 64 valence electrons. The highest BCUT2D eigenvalue weighted by molar-refractivity contribution is 6.17. The van der Waals surface area contributed by atoms with E-state index in [9.17, 15) is 14.5 Å². The van der Waals surface area contributed by atoms with E-state index in [4.69, 9.17) is 11.6 Å². The van der Waals surface area contributed by atoms with Gasteiger partial charge in [0.25, 0.3) is 0 Å². The zero-order valence-electron chi connectivity index (χ0n) is 5.83. The van der Waals surface area contributed by atoms with Gasteiger partial charge in [-0.3, -0.25) is 0 Å². The van der Waals surface area contributed by atoms with E-state index in [-0.39, 0.29) is 5.88 Å². The molecule has 4 nitrogen and oxygen atoms in total. The second-order valence-corrected chi connectivity index (χ2v) is 2.31. The van der Waals surface area contributed by atoms with Gasteiger partial charge in [-0.15, -0.1) is 11.6 Å². The van der Waals surface area contributed by atoms with Crippen molar-refractivity contribution in [2.24, 2.45) is 0 Å². The van der Waals surface area contributed by atoms with E-state index in [0.717, 1.165) is 12.1 Å². The van der Waals surface area contributed by atoms with Crippen LogP contribution in [0.2, 0.25) is 0 Å². The molecule has 1 heterocycles. The second kappa shape index (κ2) is 3.44. The van der Waals surface area contributed by atoms with E-state index in [0.29, 0.717) is 5.56 Å². The smallest absolute Gasteiger partial charge is 0.358 e. The molecule has 0 amide bonds. The van der Waals surface area contributed by atoms with Gasteiger partial charge in [0, 0.05) is 18.0 Å². The molecule has 0 N–H and O–H groups in total. The molecule has 0 radical (unpaired) electrons. The van der Waals surface area contributed by atoms with Crippen LogP contribution in [0.1, 0.15) is 5.56 Å². The topological polar surface area (TPSA) is 56.0 Å². The van der Waals surface area contributed by atoms with Crippen molar-refractivity contribution in [2.45, 2.75) is 5.88 Å². The summed E-state index contributed by atoms with van der Waals surface area (Å²) in [6.07, 6.45) is 0. The van der Waals surface area contributed by atoms with Crippen molar-refractivity contribution in [3.05, 3.63) is 33.8 Å². The Morgan fingerprint density at radius 2 is 2.33 bits per heavy atom. The largest absolute Gasteiger partial charge is 0.367 e. The molecule has 1 aromatic heterocycles. The molecule has 12 heavy (non-hydrogen) atoms. The lowest BCUT2D eigenvalue weighted by Crippen LogP contribution is -1.95. The fourth-order valence-electron chi connectivity index (χ4n) is 0.705. The van der Waals surface area contributed by atoms with E-state index >= 15 is 0 Å². The standard InChI is InChI=1S/C6H4ClFN2O2/c7-3-4-1-5(8)9-6(2-4)10(11)12/h1-2H,3H2. The SMILES string of the molecule is O=[N+]([O-])c1cc(CCl)cc(F)n1. The lowest BCUT2D eigenvalue weighted by atomic mass is 10.3. The molecule has 0 saturated heterocycles. The second-order valence-electron chi connectivity index (χ2n) is 2.05. The van der Waals surface area contributed by atoms with E-state index < -0.39 is 16.7 Å². The fraction of sp³-hybridized carbons (Fsp3) is 0.167. The zero-order valence-corrected chi connectivity index (χ0v) is 6.58. The normalized spacial score (nSPS) is 9.83. The van der Waals surface area contributed by atoms with Gasteiger partial charge in [0.05, 0.1) is 0 Å². The number of pyridine rings is 1. The van der Waals surface area contributed by atoms with Crippen LogP contribution in [0, 0.1) is 16.1 Å². The maximum absolute atomic E-state index is 12.5. The van der Waals surface area contributed by atoms with E-state index in [1.165, 1.54) is 0 Å². The first-order valence-electron chi connectivity index (χ1n) is 3.00. The van der Waals surface area contributed by atoms with Gasteiger partial charge in [-0.25, -0.2) is 0 Å². The monoisotopic (exact) mass is 190 g/mol. The van der Waals surface area contributed by atoms with Crippen LogP contribution in [0.3, 0.4) is 0 Å². The Morgan fingerprint density at radius 1 is 1.67 bits per heavy atom. The third kappa shape index (κ3) is 1.88. The van der Waals surface area contributed by atoms with Gasteiger partial charge in [0.15, 0.2) is 0 Å². The minimum Gasteiger partial charge on any atom is -0.358 e. The number of rotatable bonds is 2. The number of hydrogen-bond donors (Lipinski definition) is 0. The number of alkyl halides is 1. The minimum absolute atomic E-state index is 0.0281.